The van der Waals surface area contributed by atoms with Crippen LogP contribution in [0.5, 0.6) is 0 Å². The van der Waals surface area contributed by atoms with Gasteiger partial charge in [0, 0.05) is 15.6 Å². The highest BCUT2D eigenvalue weighted by atomic mass is 79.9. The van der Waals surface area contributed by atoms with E-state index in [0.29, 0.717) is 31.5 Å². The average Bonchev–Trinajstić information content (AvgIpc) is 2.58. The van der Waals surface area contributed by atoms with Crippen LogP contribution in [0.25, 0.3) is 11.3 Å². The van der Waals surface area contributed by atoms with Crippen molar-refractivity contribution in [1.82, 2.24) is 5.16 Å². The SMILES string of the molecule is OCc1c(-c2cc(Cl)cc(Cl)c2)noc1Br. The van der Waals surface area contributed by atoms with E-state index in [1.807, 2.05) is 0 Å². The number of aliphatic hydroxyl groups excluding tert-OH is 1. The van der Waals surface area contributed by atoms with E-state index in [4.69, 9.17) is 27.7 Å². The van der Waals surface area contributed by atoms with Gasteiger partial charge < -0.3 is 9.63 Å². The van der Waals surface area contributed by atoms with Gasteiger partial charge in [0.05, 0.1) is 12.2 Å². The summed E-state index contributed by atoms with van der Waals surface area (Å²) in [5.41, 5.74) is 1.80. The summed E-state index contributed by atoms with van der Waals surface area (Å²) in [6, 6.07) is 5.04. The normalized spacial score (nSPS) is 10.8. The van der Waals surface area contributed by atoms with Crippen molar-refractivity contribution in [3.8, 4) is 11.3 Å². The molecule has 1 aromatic heterocycles. The maximum absolute atomic E-state index is 9.19. The van der Waals surface area contributed by atoms with Gasteiger partial charge in [0.25, 0.3) is 0 Å². The highest BCUT2D eigenvalue weighted by molar-refractivity contribution is 9.10. The van der Waals surface area contributed by atoms with E-state index in [1.54, 1.807) is 18.2 Å². The zero-order chi connectivity index (χ0) is 11.7. The van der Waals surface area contributed by atoms with Gasteiger partial charge in [-0.2, -0.15) is 0 Å². The van der Waals surface area contributed by atoms with Gasteiger partial charge in [0.2, 0.25) is 4.67 Å². The smallest absolute Gasteiger partial charge is 0.208 e. The van der Waals surface area contributed by atoms with E-state index in [1.165, 1.54) is 0 Å². The van der Waals surface area contributed by atoms with Gasteiger partial charge in [0.1, 0.15) is 5.69 Å². The third-order valence-electron chi connectivity index (χ3n) is 2.03. The number of rotatable bonds is 2. The van der Waals surface area contributed by atoms with Gasteiger partial charge in [-0.3, -0.25) is 0 Å². The summed E-state index contributed by atoms with van der Waals surface area (Å²) >= 11 is 14.9. The Morgan fingerprint density at radius 1 is 1.25 bits per heavy atom. The first kappa shape index (κ1) is 11.9. The second kappa shape index (κ2) is 4.75. The second-order valence-corrected chi connectivity index (χ2v) is 4.69. The molecule has 0 amide bonds. The van der Waals surface area contributed by atoms with Gasteiger partial charge in [-0.25, -0.2) is 0 Å². The molecule has 2 aromatic rings. The average molecular weight is 323 g/mol. The van der Waals surface area contributed by atoms with Crippen LogP contribution in [0.2, 0.25) is 10.0 Å². The summed E-state index contributed by atoms with van der Waals surface area (Å²) in [6.07, 6.45) is 0. The van der Waals surface area contributed by atoms with Crippen molar-refractivity contribution >= 4 is 39.1 Å². The van der Waals surface area contributed by atoms with Crippen LogP contribution in [-0.2, 0) is 6.61 Å². The quantitative estimate of drug-likeness (QED) is 0.912. The van der Waals surface area contributed by atoms with Crippen LogP contribution in [0.1, 0.15) is 5.56 Å². The van der Waals surface area contributed by atoms with Gasteiger partial charge in [-0.1, -0.05) is 28.4 Å². The monoisotopic (exact) mass is 321 g/mol. The van der Waals surface area contributed by atoms with Gasteiger partial charge in [-0.05, 0) is 34.1 Å². The number of hydrogen-bond donors (Lipinski definition) is 1. The Bertz CT molecular complexity index is 507. The van der Waals surface area contributed by atoms with Crippen LogP contribution in [0, 0.1) is 0 Å². The molecular weight excluding hydrogens is 317 g/mol. The highest BCUT2D eigenvalue weighted by Crippen LogP contribution is 2.32. The number of hydrogen-bond acceptors (Lipinski definition) is 3. The number of aliphatic hydroxyl groups is 1. The Morgan fingerprint density at radius 2 is 1.88 bits per heavy atom. The molecule has 0 atom stereocenters. The molecule has 0 fully saturated rings. The molecular formula is C10H6BrCl2NO2. The third-order valence-corrected chi connectivity index (χ3v) is 3.09. The Labute approximate surface area is 110 Å². The Balaban J connectivity index is 2.58. The minimum Gasteiger partial charge on any atom is -0.391 e. The van der Waals surface area contributed by atoms with Crippen LogP contribution < -0.4 is 0 Å². The maximum atomic E-state index is 9.19. The van der Waals surface area contributed by atoms with Gasteiger partial charge >= 0.3 is 0 Å². The minimum atomic E-state index is -0.177. The summed E-state index contributed by atoms with van der Waals surface area (Å²) in [5, 5.41) is 14.0. The van der Waals surface area contributed by atoms with E-state index < -0.39 is 0 Å². The number of nitrogens with zero attached hydrogens (tertiary/aromatic N) is 1. The van der Waals surface area contributed by atoms with E-state index in [2.05, 4.69) is 21.1 Å². The van der Waals surface area contributed by atoms with Crippen LogP contribution in [-0.4, -0.2) is 10.3 Å². The molecule has 0 aliphatic carbocycles. The fourth-order valence-electron chi connectivity index (χ4n) is 1.34. The van der Waals surface area contributed by atoms with Crippen molar-refractivity contribution < 1.29 is 9.63 Å². The van der Waals surface area contributed by atoms with Gasteiger partial charge in [0.15, 0.2) is 0 Å². The summed E-state index contributed by atoms with van der Waals surface area (Å²) in [5.74, 6) is 0. The van der Waals surface area contributed by atoms with Gasteiger partial charge in [-0.15, -0.1) is 0 Å². The van der Waals surface area contributed by atoms with Crippen molar-refractivity contribution in [3.05, 3.63) is 38.5 Å². The molecule has 1 aromatic carbocycles. The van der Waals surface area contributed by atoms with Crippen molar-refractivity contribution in [2.75, 3.05) is 0 Å². The molecule has 2 rings (SSSR count). The van der Waals surface area contributed by atoms with E-state index in [-0.39, 0.29) is 6.61 Å². The predicted molar refractivity (Wildman–Crippen MR) is 65.6 cm³/mol. The first-order chi connectivity index (χ1) is 7.61. The number of benzene rings is 1. The molecule has 0 aliphatic heterocycles. The topological polar surface area (TPSA) is 46.3 Å². The van der Waals surface area contributed by atoms with Crippen LogP contribution in [0.15, 0.2) is 27.4 Å². The van der Waals surface area contributed by atoms with Crippen molar-refractivity contribution in [2.45, 2.75) is 6.61 Å². The van der Waals surface area contributed by atoms with Crippen molar-refractivity contribution in [3.63, 3.8) is 0 Å². The highest BCUT2D eigenvalue weighted by Gasteiger charge is 2.15. The summed E-state index contributed by atoms with van der Waals surface area (Å²) in [7, 11) is 0. The fraction of sp³-hybridized carbons (Fsp3) is 0.100. The molecule has 0 radical (unpaired) electrons. The largest absolute Gasteiger partial charge is 0.391 e. The number of aromatic nitrogens is 1. The standard InChI is InChI=1S/C10H6BrCl2NO2/c11-10-8(4-15)9(14-16-10)5-1-6(12)3-7(13)2-5/h1-3,15H,4H2. The van der Waals surface area contributed by atoms with E-state index >= 15 is 0 Å². The molecule has 0 bridgehead atoms. The van der Waals surface area contributed by atoms with E-state index in [0.717, 1.165) is 0 Å². The fourth-order valence-corrected chi connectivity index (χ4v) is 2.26. The van der Waals surface area contributed by atoms with Crippen molar-refractivity contribution in [1.29, 1.82) is 0 Å². The minimum absolute atomic E-state index is 0.177. The lowest BCUT2D eigenvalue weighted by molar-refractivity contribution is 0.278. The third kappa shape index (κ3) is 2.25. The molecule has 6 heteroatoms. The molecule has 84 valence electrons. The molecule has 3 nitrogen and oxygen atoms in total. The first-order valence-corrected chi connectivity index (χ1v) is 5.88. The molecule has 0 unspecified atom stereocenters. The first-order valence-electron chi connectivity index (χ1n) is 4.33. The zero-order valence-electron chi connectivity index (χ0n) is 7.88. The van der Waals surface area contributed by atoms with E-state index in [9.17, 15) is 5.11 Å². The second-order valence-electron chi connectivity index (χ2n) is 3.10. The Morgan fingerprint density at radius 3 is 2.44 bits per heavy atom. The molecule has 0 saturated carbocycles. The summed E-state index contributed by atoms with van der Waals surface area (Å²) in [4.78, 5) is 0. The molecule has 0 aliphatic rings. The van der Waals surface area contributed by atoms with Crippen LogP contribution >= 0.6 is 39.1 Å². The van der Waals surface area contributed by atoms with Crippen LogP contribution in [0.4, 0.5) is 0 Å². The lowest BCUT2D eigenvalue weighted by Gasteiger charge is -2.01. The Hall–Kier alpha value is -0.550. The molecule has 0 spiro atoms. The maximum Gasteiger partial charge on any atom is 0.208 e. The predicted octanol–water partition coefficient (Wildman–Crippen LogP) is 3.90. The summed E-state index contributed by atoms with van der Waals surface area (Å²) < 4.78 is 5.34. The van der Waals surface area contributed by atoms with Crippen LogP contribution in [0.3, 0.4) is 0 Å². The molecule has 16 heavy (non-hydrogen) atoms. The lowest BCUT2D eigenvalue weighted by Crippen LogP contribution is -1.87. The summed E-state index contributed by atoms with van der Waals surface area (Å²) in [6.45, 7) is -0.177. The lowest BCUT2D eigenvalue weighted by atomic mass is 10.1. The molecule has 0 saturated heterocycles. The Kier molecular flexibility index (Phi) is 3.54. The van der Waals surface area contributed by atoms with Crippen molar-refractivity contribution in [2.24, 2.45) is 0 Å². The zero-order valence-corrected chi connectivity index (χ0v) is 11.0. The number of halogens is 3. The molecule has 1 N–H and O–H groups in total. The molecule has 1 heterocycles.